The Kier molecular flexibility index (Phi) is 7.79. The van der Waals surface area contributed by atoms with E-state index in [-0.39, 0.29) is 30.0 Å². The van der Waals surface area contributed by atoms with E-state index in [2.05, 4.69) is 15.6 Å². The van der Waals surface area contributed by atoms with Crippen molar-refractivity contribution in [3.05, 3.63) is 107 Å². The molecule has 3 heterocycles. The van der Waals surface area contributed by atoms with E-state index in [4.69, 9.17) is 16.6 Å². The van der Waals surface area contributed by atoms with Crippen LogP contribution in [0.15, 0.2) is 83.4 Å². The minimum Gasteiger partial charge on any atom is -0.478 e. The predicted octanol–water partition coefficient (Wildman–Crippen LogP) is 5.05. The van der Waals surface area contributed by atoms with Crippen molar-refractivity contribution in [3.63, 3.8) is 0 Å². The van der Waals surface area contributed by atoms with Crippen LogP contribution in [-0.2, 0) is 4.79 Å². The molecule has 1 aliphatic heterocycles. The number of aromatic carboxylic acids is 2. The number of pyridine rings is 1. The Labute approximate surface area is 240 Å². The highest BCUT2D eigenvalue weighted by Gasteiger charge is 2.41. The first-order valence-corrected chi connectivity index (χ1v) is 13.2. The zero-order valence-corrected chi connectivity index (χ0v) is 22.7. The molecule has 4 N–H and O–H groups in total. The number of nitrogens with one attached hydrogen (secondary N) is 2. The van der Waals surface area contributed by atoms with E-state index in [1.54, 1.807) is 24.4 Å². The third-order valence-corrected chi connectivity index (χ3v) is 7.09. The molecular formula is C30H26N4O6S. The molecule has 4 aromatic rings. The molecule has 2 unspecified atom stereocenters. The van der Waals surface area contributed by atoms with Crippen LogP contribution in [0.25, 0.3) is 11.3 Å². The zero-order chi connectivity index (χ0) is 29.1. The average Bonchev–Trinajstić information content (AvgIpc) is 3.58. The molecule has 10 nitrogen and oxygen atoms in total. The van der Waals surface area contributed by atoms with Crippen molar-refractivity contribution in [2.45, 2.75) is 25.4 Å². The molecule has 208 valence electrons. The third kappa shape index (κ3) is 6.10. The van der Waals surface area contributed by atoms with Gasteiger partial charge < -0.3 is 30.2 Å². The van der Waals surface area contributed by atoms with Crippen molar-refractivity contribution in [2.24, 2.45) is 0 Å². The summed E-state index contributed by atoms with van der Waals surface area (Å²) in [6.45, 7) is 2.25. The predicted molar refractivity (Wildman–Crippen MR) is 155 cm³/mol. The Bertz CT molecular complexity index is 1590. The summed E-state index contributed by atoms with van der Waals surface area (Å²) in [5, 5.41) is 25.6. The molecule has 41 heavy (non-hydrogen) atoms. The Hall–Kier alpha value is -5.03. The smallest absolute Gasteiger partial charge is 0.335 e. The van der Waals surface area contributed by atoms with E-state index < -0.39 is 24.0 Å². The minimum absolute atomic E-state index is 0.150. The fourth-order valence-corrected chi connectivity index (χ4v) is 5.05. The van der Waals surface area contributed by atoms with Crippen molar-refractivity contribution in [1.82, 2.24) is 15.2 Å². The number of hydrogen-bond donors (Lipinski definition) is 4. The number of thiocarbonyl (C=S) groups is 1. The van der Waals surface area contributed by atoms with Gasteiger partial charge >= 0.3 is 11.9 Å². The van der Waals surface area contributed by atoms with Crippen molar-refractivity contribution in [3.8, 4) is 11.3 Å². The fourth-order valence-electron chi connectivity index (χ4n) is 4.72. The van der Waals surface area contributed by atoms with Gasteiger partial charge in [0.15, 0.2) is 5.11 Å². The molecule has 1 fully saturated rings. The summed E-state index contributed by atoms with van der Waals surface area (Å²) in [5.41, 5.74) is 2.46. The average molecular weight is 571 g/mol. The van der Waals surface area contributed by atoms with Gasteiger partial charge in [0.2, 0.25) is 5.91 Å². The summed E-state index contributed by atoms with van der Waals surface area (Å²) >= 11 is 5.67. The number of aryl methyl sites for hydroxylation is 1. The van der Waals surface area contributed by atoms with Crippen molar-refractivity contribution in [1.29, 1.82) is 0 Å². The number of benzene rings is 2. The number of carbonyl (C=O) groups is 3. The number of hydrogen-bond acceptors (Lipinski definition) is 6. The molecule has 1 amide bonds. The minimum atomic E-state index is -1.25. The quantitative estimate of drug-likeness (QED) is 0.202. The number of aromatic nitrogens is 1. The molecule has 1 saturated heterocycles. The molecule has 5 rings (SSSR count). The molecule has 2 atom stereocenters. The topological polar surface area (TPSA) is 145 Å². The second-order valence-corrected chi connectivity index (χ2v) is 9.98. The van der Waals surface area contributed by atoms with Gasteiger partial charge in [-0.3, -0.25) is 9.78 Å². The molecule has 2 aromatic heterocycles. The Morgan fingerprint density at radius 1 is 1.00 bits per heavy atom. The van der Waals surface area contributed by atoms with E-state index in [1.807, 2.05) is 48.2 Å². The van der Waals surface area contributed by atoms with Gasteiger partial charge in [-0.25, -0.2) is 9.59 Å². The van der Waals surface area contributed by atoms with Gasteiger partial charge in [0.05, 0.1) is 22.9 Å². The maximum absolute atomic E-state index is 12.8. The molecule has 0 spiro atoms. The second-order valence-electron chi connectivity index (χ2n) is 9.60. The summed E-state index contributed by atoms with van der Waals surface area (Å²) in [7, 11) is 0. The summed E-state index contributed by atoms with van der Waals surface area (Å²) in [5.74, 6) is -1.91. The standard InChI is InChI=1S/C30H26N4O6S/c1-17-5-7-21(8-6-17)32-25(35)11-13-34-27(26(33-30(34)41)22-4-2-3-12-31-22)24-10-9-23(40-24)18-14-19(28(36)37)16-20(15-18)29(38)39/h2-10,12,14-16,26-27H,11,13H2,1H3,(H,32,35)(H,33,41)(H,36,37)(H,38,39). The SMILES string of the molecule is Cc1ccc(NC(=O)CCN2C(=S)NC(c3ccccn3)C2c2ccc(-c3cc(C(=O)O)cc(C(=O)O)c3)o2)cc1. The first-order valence-electron chi connectivity index (χ1n) is 12.8. The molecule has 0 saturated carbocycles. The van der Waals surface area contributed by atoms with E-state index in [1.165, 1.54) is 12.1 Å². The summed E-state index contributed by atoms with van der Waals surface area (Å²) in [6, 6.07) is 19.4. The molecule has 0 radical (unpaired) electrons. The van der Waals surface area contributed by atoms with Crippen LogP contribution in [-0.4, -0.2) is 49.6 Å². The van der Waals surface area contributed by atoms with Gasteiger partial charge in [-0.1, -0.05) is 23.8 Å². The number of nitrogens with zero attached hydrogens (tertiary/aromatic N) is 2. The molecule has 11 heteroatoms. The summed E-state index contributed by atoms with van der Waals surface area (Å²) in [6.07, 6.45) is 1.82. The second kappa shape index (κ2) is 11.6. The van der Waals surface area contributed by atoms with Crippen molar-refractivity contribution >= 4 is 40.9 Å². The van der Waals surface area contributed by atoms with Crippen molar-refractivity contribution in [2.75, 3.05) is 11.9 Å². The van der Waals surface area contributed by atoms with Gasteiger partial charge in [0, 0.05) is 30.4 Å². The molecular weight excluding hydrogens is 544 g/mol. The number of carbonyl (C=O) groups excluding carboxylic acids is 1. The van der Waals surface area contributed by atoms with Crippen LogP contribution in [0.1, 0.15) is 56.2 Å². The highest BCUT2D eigenvalue weighted by atomic mass is 32.1. The molecule has 0 aliphatic carbocycles. The van der Waals surface area contributed by atoms with Crippen LogP contribution < -0.4 is 10.6 Å². The van der Waals surface area contributed by atoms with Gasteiger partial charge in [0.1, 0.15) is 17.6 Å². The number of carboxylic acid groups (broad SMARTS) is 2. The Morgan fingerprint density at radius 3 is 2.34 bits per heavy atom. The zero-order valence-electron chi connectivity index (χ0n) is 21.9. The lowest BCUT2D eigenvalue weighted by molar-refractivity contribution is -0.116. The van der Waals surface area contributed by atoms with Gasteiger partial charge in [-0.05, 0) is 73.7 Å². The monoisotopic (exact) mass is 570 g/mol. The van der Waals surface area contributed by atoms with Gasteiger partial charge in [-0.2, -0.15) is 0 Å². The highest BCUT2D eigenvalue weighted by molar-refractivity contribution is 7.80. The van der Waals surface area contributed by atoms with Crippen molar-refractivity contribution < 1.29 is 29.0 Å². The number of rotatable bonds is 9. The van der Waals surface area contributed by atoms with Gasteiger partial charge in [0.25, 0.3) is 0 Å². The number of carboxylic acids is 2. The largest absolute Gasteiger partial charge is 0.478 e. The first kappa shape index (κ1) is 27.5. The van der Waals surface area contributed by atoms with Gasteiger partial charge in [-0.15, -0.1) is 0 Å². The lowest BCUT2D eigenvalue weighted by Crippen LogP contribution is -2.32. The van der Waals surface area contributed by atoms with Crippen LogP contribution in [0.4, 0.5) is 5.69 Å². The molecule has 1 aliphatic rings. The van der Waals surface area contributed by atoms with Crippen LogP contribution in [0.5, 0.6) is 0 Å². The molecule has 2 aromatic carbocycles. The maximum atomic E-state index is 12.8. The normalized spacial score (nSPS) is 16.3. The highest BCUT2D eigenvalue weighted by Crippen LogP contribution is 2.40. The Balaban J connectivity index is 1.44. The fraction of sp³-hybridized carbons (Fsp3) is 0.167. The van der Waals surface area contributed by atoms with Crippen LogP contribution in [0.2, 0.25) is 0 Å². The summed E-state index contributed by atoms with van der Waals surface area (Å²) < 4.78 is 6.21. The number of anilines is 1. The van der Waals surface area contributed by atoms with Crippen LogP contribution in [0.3, 0.4) is 0 Å². The van der Waals surface area contributed by atoms with E-state index in [9.17, 15) is 24.6 Å². The van der Waals surface area contributed by atoms with Crippen LogP contribution in [0, 0.1) is 6.92 Å². The molecule has 0 bridgehead atoms. The summed E-state index contributed by atoms with van der Waals surface area (Å²) in [4.78, 5) is 42.4. The van der Waals surface area contributed by atoms with E-state index in [0.717, 1.165) is 11.6 Å². The maximum Gasteiger partial charge on any atom is 0.335 e. The lowest BCUT2D eigenvalue weighted by atomic mass is 10.0. The third-order valence-electron chi connectivity index (χ3n) is 6.74. The Morgan fingerprint density at radius 2 is 1.71 bits per heavy atom. The number of furan rings is 1. The number of amides is 1. The lowest BCUT2D eigenvalue weighted by Gasteiger charge is -2.25. The van der Waals surface area contributed by atoms with Crippen LogP contribution >= 0.6 is 12.2 Å². The first-order chi connectivity index (χ1) is 19.7. The van der Waals surface area contributed by atoms with E-state index >= 15 is 0 Å². The van der Waals surface area contributed by atoms with E-state index in [0.29, 0.717) is 33.6 Å².